The Bertz CT molecular complexity index is 855. The average molecular weight is 420 g/mol. The van der Waals surface area contributed by atoms with Crippen LogP contribution < -0.4 is 4.72 Å². The number of sulfonamides is 1. The van der Waals surface area contributed by atoms with Crippen LogP contribution in [0.5, 0.6) is 0 Å². The Morgan fingerprint density at radius 3 is 2.14 bits per heavy atom. The van der Waals surface area contributed by atoms with Crippen molar-refractivity contribution in [1.29, 1.82) is 0 Å². The van der Waals surface area contributed by atoms with Gasteiger partial charge in [0.05, 0.1) is 11.3 Å². The van der Waals surface area contributed by atoms with Crippen molar-refractivity contribution in [1.82, 2.24) is 4.72 Å². The predicted octanol–water partition coefficient (Wildman–Crippen LogP) is 2.99. The molecule has 0 atom stereocenters. The van der Waals surface area contributed by atoms with E-state index in [4.69, 9.17) is 4.74 Å². The number of hydrogen-bond acceptors (Lipinski definition) is 5. The summed E-state index contributed by atoms with van der Waals surface area (Å²) >= 11 is 0. The minimum atomic E-state index is -3.66. The highest BCUT2D eigenvalue weighted by Crippen LogP contribution is 2.60. The van der Waals surface area contributed by atoms with Crippen LogP contribution in [0.15, 0.2) is 29.2 Å². The summed E-state index contributed by atoms with van der Waals surface area (Å²) in [6.07, 6.45) is 6.52. The van der Waals surface area contributed by atoms with E-state index in [9.17, 15) is 18.0 Å². The van der Waals surface area contributed by atoms with E-state index in [0.717, 1.165) is 24.8 Å². The van der Waals surface area contributed by atoms with Gasteiger partial charge in [0.25, 0.3) is 0 Å². The van der Waals surface area contributed by atoms with Gasteiger partial charge < -0.3 is 4.74 Å². The summed E-state index contributed by atoms with van der Waals surface area (Å²) < 4.78 is 32.1. The van der Waals surface area contributed by atoms with Crippen molar-refractivity contribution in [2.75, 3.05) is 13.2 Å². The molecule has 1 aromatic rings. The molecule has 0 radical (unpaired) electrons. The number of Topliss-reactive ketones (excluding diaryl/α,β-unsaturated/α-hetero) is 1. The Morgan fingerprint density at radius 2 is 1.59 bits per heavy atom. The molecule has 1 aromatic carbocycles. The lowest BCUT2D eigenvalue weighted by Gasteiger charge is -2.55. The zero-order valence-electron chi connectivity index (χ0n) is 16.9. The molecule has 5 rings (SSSR count). The third-order valence-corrected chi connectivity index (χ3v) is 8.42. The second kappa shape index (κ2) is 7.84. The monoisotopic (exact) mass is 419 g/mol. The number of carbonyl (C=O) groups is 2. The van der Waals surface area contributed by atoms with E-state index in [1.807, 2.05) is 6.92 Å². The van der Waals surface area contributed by atoms with Crippen LogP contribution in [0.1, 0.15) is 50.5 Å². The van der Waals surface area contributed by atoms with Crippen LogP contribution in [-0.4, -0.2) is 33.3 Å². The summed E-state index contributed by atoms with van der Waals surface area (Å²) in [5, 5.41) is 0. The molecule has 158 valence electrons. The first kappa shape index (κ1) is 20.5. The quantitative estimate of drug-likeness (QED) is 0.654. The van der Waals surface area contributed by atoms with Gasteiger partial charge in [0, 0.05) is 12.0 Å². The maximum Gasteiger partial charge on any atom is 0.307 e. The van der Waals surface area contributed by atoms with E-state index in [2.05, 4.69) is 4.72 Å². The molecule has 7 heteroatoms. The maximum absolute atomic E-state index is 12.9. The Labute approximate surface area is 172 Å². The molecular formula is C22H29NO5S. The number of ketones is 1. The van der Waals surface area contributed by atoms with Crippen molar-refractivity contribution in [2.24, 2.45) is 23.2 Å². The molecule has 4 aliphatic carbocycles. The first-order valence-corrected chi connectivity index (χ1v) is 12.0. The van der Waals surface area contributed by atoms with Crippen LogP contribution in [0.4, 0.5) is 0 Å². The molecule has 0 heterocycles. The number of ether oxygens (including phenoxy) is 1. The van der Waals surface area contributed by atoms with Gasteiger partial charge in [-0.15, -0.1) is 0 Å². The molecule has 0 unspecified atom stereocenters. The zero-order chi connectivity index (χ0) is 20.6. The molecule has 4 aliphatic rings. The minimum absolute atomic E-state index is 0.0550. The van der Waals surface area contributed by atoms with Crippen LogP contribution in [0.2, 0.25) is 0 Å². The maximum atomic E-state index is 12.9. The largest absolute Gasteiger partial charge is 0.458 e. The van der Waals surface area contributed by atoms with E-state index in [-0.39, 0.29) is 35.7 Å². The topological polar surface area (TPSA) is 89.5 Å². The van der Waals surface area contributed by atoms with Crippen molar-refractivity contribution < 1.29 is 22.7 Å². The Kier molecular flexibility index (Phi) is 5.55. The van der Waals surface area contributed by atoms with E-state index in [0.29, 0.717) is 17.8 Å². The summed E-state index contributed by atoms with van der Waals surface area (Å²) in [4.78, 5) is 25.1. The molecule has 1 N–H and O–H groups in total. The van der Waals surface area contributed by atoms with Crippen molar-refractivity contribution in [3.63, 3.8) is 0 Å². The van der Waals surface area contributed by atoms with Gasteiger partial charge in [0.15, 0.2) is 12.4 Å². The summed E-state index contributed by atoms with van der Waals surface area (Å²) in [5.74, 6) is 1.51. The van der Waals surface area contributed by atoms with Gasteiger partial charge >= 0.3 is 5.97 Å². The number of hydrogen-bond donors (Lipinski definition) is 1. The van der Waals surface area contributed by atoms with E-state index in [1.165, 1.54) is 31.4 Å². The Hall–Kier alpha value is -1.73. The summed E-state index contributed by atoms with van der Waals surface area (Å²) in [7, 11) is -3.66. The van der Waals surface area contributed by atoms with Gasteiger partial charge in [0.2, 0.25) is 10.0 Å². The van der Waals surface area contributed by atoms with Crippen LogP contribution in [0, 0.1) is 30.1 Å². The third-order valence-electron chi connectivity index (χ3n) is 6.95. The normalized spacial score (nSPS) is 30.3. The molecule has 29 heavy (non-hydrogen) atoms. The second-order valence-electron chi connectivity index (χ2n) is 9.24. The van der Waals surface area contributed by atoms with E-state index < -0.39 is 16.0 Å². The van der Waals surface area contributed by atoms with Gasteiger partial charge in [-0.3, -0.25) is 9.59 Å². The SMILES string of the molecule is Cc1ccc(S(=O)(=O)NCCC(=O)OCC(=O)C23CC4CC(CC(C4)C2)C3)cc1. The lowest BCUT2D eigenvalue weighted by Crippen LogP contribution is -2.51. The molecular weight excluding hydrogens is 390 g/mol. The second-order valence-corrected chi connectivity index (χ2v) is 11.0. The number of carbonyl (C=O) groups excluding carboxylic acids is 2. The van der Waals surface area contributed by atoms with Crippen LogP contribution in [0.25, 0.3) is 0 Å². The van der Waals surface area contributed by atoms with Gasteiger partial charge in [-0.25, -0.2) is 13.1 Å². The summed E-state index contributed by atoms with van der Waals surface area (Å²) in [5.41, 5.74) is 0.693. The van der Waals surface area contributed by atoms with Crippen molar-refractivity contribution in [3.05, 3.63) is 29.8 Å². The molecule has 0 aliphatic heterocycles. The number of aryl methyl sites for hydroxylation is 1. The highest BCUT2D eigenvalue weighted by molar-refractivity contribution is 7.89. The van der Waals surface area contributed by atoms with Crippen molar-refractivity contribution >= 4 is 21.8 Å². The molecule has 0 spiro atoms. The molecule has 4 fully saturated rings. The van der Waals surface area contributed by atoms with Crippen LogP contribution in [-0.2, 0) is 24.3 Å². The van der Waals surface area contributed by atoms with Crippen molar-refractivity contribution in [2.45, 2.75) is 56.8 Å². The van der Waals surface area contributed by atoms with Gasteiger partial charge in [-0.2, -0.15) is 0 Å². The van der Waals surface area contributed by atoms with Gasteiger partial charge in [0.1, 0.15) is 0 Å². The molecule has 4 saturated carbocycles. The van der Waals surface area contributed by atoms with Crippen LogP contribution in [0.3, 0.4) is 0 Å². The fraction of sp³-hybridized carbons (Fsp3) is 0.636. The molecule has 0 amide bonds. The number of esters is 1. The molecule has 6 nitrogen and oxygen atoms in total. The average Bonchev–Trinajstić information content (AvgIpc) is 2.65. The smallest absolute Gasteiger partial charge is 0.307 e. The lowest BCUT2D eigenvalue weighted by molar-refractivity contribution is -0.157. The lowest BCUT2D eigenvalue weighted by atomic mass is 9.48. The summed E-state index contributed by atoms with van der Waals surface area (Å²) in [6, 6.07) is 6.50. The van der Waals surface area contributed by atoms with Gasteiger partial charge in [-0.1, -0.05) is 17.7 Å². The number of benzene rings is 1. The standard InChI is InChI=1S/C22H29NO5S/c1-15-2-4-19(5-3-15)29(26,27)23-7-6-21(25)28-14-20(24)22-11-16-8-17(12-22)10-18(9-16)13-22/h2-5,16-18,23H,6-14H2,1H3. The first-order chi connectivity index (χ1) is 13.8. The van der Waals surface area contributed by atoms with Gasteiger partial charge in [-0.05, 0) is 75.3 Å². The zero-order valence-corrected chi connectivity index (χ0v) is 17.7. The Morgan fingerprint density at radius 1 is 1.03 bits per heavy atom. The fourth-order valence-electron chi connectivity index (χ4n) is 5.91. The number of nitrogens with one attached hydrogen (secondary N) is 1. The third kappa shape index (κ3) is 4.40. The van der Waals surface area contributed by atoms with Crippen LogP contribution >= 0.6 is 0 Å². The Balaban J connectivity index is 1.23. The van der Waals surface area contributed by atoms with E-state index >= 15 is 0 Å². The fourth-order valence-corrected chi connectivity index (χ4v) is 6.94. The molecule has 4 bridgehead atoms. The summed E-state index contributed by atoms with van der Waals surface area (Å²) in [6.45, 7) is 1.64. The number of rotatable bonds is 8. The molecule has 0 saturated heterocycles. The predicted molar refractivity (Wildman–Crippen MR) is 108 cm³/mol. The highest BCUT2D eigenvalue weighted by atomic mass is 32.2. The highest BCUT2D eigenvalue weighted by Gasteiger charge is 2.54. The van der Waals surface area contributed by atoms with E-state index in [1.54, 1.807) is 12.1 Å². The van der Waals surface area contributed by atoms with Crippen molar-refractivity contribution in [3.8, 4) is 0 Å². The molecule has 0 aromatic heterocycles. The first-order valence-electron chi connectivity index (χ1n) is 10.5. The minimum Gasteiger partial charge on any atom is -0.458 e.